The first-order valence-corrected chi connectivity index (χ1v) is 4.53. The molecule has 0 aliphatic carbocycles. The van der Waals surface area contributed by atoms with Crippen LogP contribution in [0.15, 0.2) is 36.9 Å². The van der Waals surface area contributed by atoms with Gasteiger partial charge in [-0.3, -0.25) is 0 Å². The zero-order valence-electron chi connectivity index (χ0n) is 8.07. The lowest BCUT2D eigenvalue weighted by atomic mass is 10.2. The quantitative estimate of drug-likeness (QED) is 0.676. The van der Waals surface area contributed by atoms with Crippen molar-refractivity contribution in [3.8, 4) is 0 Å². The molecular weight excluding hydrogens is 174 g/mol. The van der Waals surface area contributed by atoms with E-state index in [-0.39, 0.29) is 0 Å². The molecule has 2 aromatic rings. The summed E-state index contributed by atoms with van der Waals surface area (Å²) in [7, 11) is 2.01. The number of hydrogen-bond acceptors (Lipinski definition) is 0. The van der Waals surface area contributed by atoms with Gasteiger partial charge in [-0.15, -0.1) is 0 Å². The molecule has 0 radical (unpaired) electrons. The maximum absolute atomic E-state index is 3.07. The molecule has 0 aliphatic heterocycles. The molecule has 3 heteroatoms. The van der Waals surface area contributed by atoms with Gasteiger partial charge in [-0.2, -0.15) is 0 Å². The predicted octanol–water partition coefficient (Wildman–Crippen LogP) is 0.824. The fourth-order valence-corrected chi connectivity index (χ4v) is 1.20. The molecule has 2 N–H and O–H groups in total. The minimum Gasteiger partial charge on any atom is -0.244 e. The van der Waals surface area contributed by atoms with Crippen molar-refractivity contribution in [1.82, 2.24) is 4.98 Å². The average molecular weight is 187 g/mol. The van der Waals surface area contributed by atoms with Gasteiger partial charge >= 0.3 is 0 Å². The molecule has 0 aliphatic rings. The van der Waals surface area contributed by atoms with Crippen LogP contribution in [-0.4, -0.2) is 4.98 Å². The lowest BCUT2D eigenvalue weighted by Crippen LogP contribution is -2.25. The standard InChI is InChI=1S/C11H11N3/c1-14-8-4-10(5-9-14)2-3-11-12-6-7-13-11/h2-9H,1H3/p+2. The number of aromatic nitrogens is 3. The minimum atomic E-state index is 0.998. The summed E-state index contributed by atoms with van der Waals surface area (Å²) in [6.45, 7) is 0. The maximum atomic E-state index is 3.07. The van der Waals surface area contributed by atoms with E-state index in [1.807, 2.05) is 42.5 Å². The molecule has 2 aromatic heterocycles. The van der Waals surface area contributed by atoms with E-state index in [0.29, 0.717) is 0 Å². The number of nitrogens with zero attached hydrogens (tertiary/aromatic N) is 1. The van der Waals surface area contributed by atoms with Crippen LogP contribution in [0.25, 0.3) is 12.2 Å². The molecular formula is C11H13N3+2. The summed E-state index contributed by atoms with van der Waals surface area (Å²) in [6, 6.07) is 4.14. The van der Waals surface area contributed by atoms with Crippen LogP contribution in [0.2, 0.25) is 0 Å². The summed E-state index contributed by atoms with van der Waals surface area (Å²) in [5.41, 5.74) is 1.19. The van der Waals surface area contributed by atoms with Crippen LogP contribution in [0, 0.1) is 0 Å². The Hall–Kier alpha value is -1.90. The minimum absolute atomic E-state index is 0.998. The summed E-state index contributed by atoms with van der Waals surface area (Å²) in [5.74, 6) is 0.998. The molecule has 3 nitrogen and oxygen atoms in total. The van der Waals surface area contributed by atoms with Crippen LogP contribution < -0.4 is 9.55 Å². The molecule has 0 saturated carbocycles. The second-order valence-electron chi connectivity index (χ2n) is 3.17. The Morgan fingerprint density at radius 1 is 1.29 bits per heavy atom. The fourth-order valence-electron chi connectivity index (χ4n) is 1.20. The van der Waals surface area contributed by atoms with E-state index in [0.717, 1.165) is 5.82 Å². The molecule has 0 spiro atoms. The number of nitrogens with one attached hydrogen (secondary N) is 2. The van der Waals surface area contributed by atoms with E-state index in [2.05, 4.69) is 28.2 Å². The molecule has 0 amide bonds. The van der Waals surface area contributed by atoms with E-state index in [4.69, 9.17) is 0 Å². The van der Waals surface area contributed by atoms with Crippen molar-refractivity contribution in [2.45, 2.75) is 0 Å². The van der Waals surface area contributed by atoms with Gasteiger partial charge in [0.15, 0.2) is 12.4 Å². The van der Waals surface area contributed by atoms with Crippen LogP contribution in [0.3, 0.4) is 0 Å². The van der Waals surface area contributed by atoms with Gasteiger partial charge in [0.1, 0.15) is 19.4 Å². The first-order valence-electron chi connectivity index (χ1n) is 4.53. The summed E-state index contributed by atoms with van der Waals surface area (Å²) in [4.78, 5) is 6.14. The van der Waals surface area contributed by atoms with Crippen LogP contribution in [0.4, 0.5) is 0 Å². The first kappa shape index (κ1) is 8.69. The highest BCUT2D eigenvalue weighted by Crippen LogP contribution is 2.00. The summed E-state index contributed by atoms with van der Waals surface area (Å²) in [5, 5.41) is 0. The summed E-state index contributed by atoms with van der Waals surface area (Å²) in [6.07, 6.45) is 11.9. The third kappa shape index (κ3) is 2.07. The van der Waals surface area contributed by atoms with Crippen molar-refractivity contribution in [1.29, 1.82) is 0 Å². The zero-order valence-corrected chi connectivity index (χ0v) is 8.07. The Bertz CT molecular complexity index is 412. The number of rotatable bonds is 2. The van der Waals surface area contributed by atoms with Gasteiger partial charge in [0.25, 0.3) is 5.82 Å². The third-order valence-corrected chi connectivity index (χ3v) is 2.01. The molecule has 0 fully saturated rings. The van der Waals surface area contributed by atoms with Crippen LogP contribution in [-0.2, 0) is 7.05 Å². The highest BCUT2D eigenvalue weighted by atomic mass is 14.9. The first-order chi connectivity index (χ1) is 6.84. The van der Waals surface area contributed by atoms with Gasteiger partial charge in [0, 0.05) is 18.2 Å². The lowest BCUT2D eigenvalue weighted by molar-refractivity contribution is -0.671. The number of aryl methyl sites for hydroxylation is 1. The van der Waals surface area contributed by atoms with Crippen molar-refractivity contribution in [3.63, 3.8) is 0 Å². The van der Waals surface area contributed by atoms with Gasteiger partial charge in [-0.05, 0) is 11.6 Å². The average Bonchev–Trinajstić information content (AvgIpc) is 2.70. The van der Waals surface area contributed by atoms with Crippen molar-refractivity contribution >= 4 is 12.2 Å². The maximum Gasteiger partial charge on any atom is 0.276 e. The monoisotopic (exact) mass is 187 g/mol. The van der Waals surface area contributed by atoms with Gasteiger partial charge < -0.3 is 0 Å². The van der Waals surface area contributed by atoms with Crippen molar-refractivity contribution < 1.29 is 9.55 Å². The molecule has 0 saturated heterocycles. The van der Waals surface area contributed by atoms with Crippen molar-refractivity contribution in [2.24, 2.45) is 7.05 Å². The highest BCUT2D eigenvalue weighted by molar-refractivity contribution is 5.64. The number of pyridine rings is 1. The molecule has 0 aromatic carbocycles. The lowest BCUT2D eigenvalue weighted by Gasteiger charge is -1.88. The smallest absolute Gasteiger partial charge is 0.244 e. The molecule has 14 heavy (non-hydrogen) atoms. The van der Waals surface area contributed by atoms with Gasteiger partial charge in [0.2, 0.25) is 0 Å². The molecule has 0 bridgehead atoms. The van der Waals surface area contributed by atoms with Crippen LogP contribution in [0.5, 0.6) is 0 Å². The Morgan fingerprint density at radius 3 is 2.71 bits per heavy atom. The molecule has 2 rings (SSSR count). The fraction of sp³-hybridized carbons (Fsp3) is 0.0909. The largest absolute Gasteiger partial charge is 0.276 e. The Labute approximate surface area is 82.8 Å². The van der Waals surface area contributed by atoms with Gasteiger partial charge in [-0.1, -0.05) is 0 Å². The second kappa shape index (κ2) is 3.87. The Kier molecular flexibility index (Phi) is 2.40. The number of hydrogen-bond donors (Lipinski definition) is 1. The Balaban J connectivity index is 2.15. The van der Waals surface area contributed by atoms with Gasteiger partial charge in [-0.25, -0.2) is 14.5 Å². The topological polar surface area (TPSA) is 33.8 Å². The normalized spacial score (nSPS) is 10.9. The van der Waals surface area contributed by atoms with Crippen molar-refractivity contribution in [2.75, 3.05) is 0 Å². The summed E-state index contributed by atoms with van der Waals surface area (Å²) >= 11 is 0. The van der Waals surface area contributed by atoms with E-state index in [1.165, 1.54) is 5.56 Å². The number of aromatic amines is 2. The van der Waals surface area contributed by atoms with E-state index in [1.54, 1.807) is 0 Å². The summed E-state index contributed by atoms with van der Waals surface area (Å²) < 4.78 is 2.01. The van der Waals surface area contributed by atoms with E-state index in [9.17, 15) is 0 Å². The van der Waals surface area contributed by atoms with Gasteiger partial charge in [0.05, 0.1) is 0 Å². The molecule has 0 unspecified atom stereocenters. The third-order valence-electron chi connectivity index (χ3n) is 2.01. The number of H-pyrrole nitrogens is 2. The molecule has 0 atom stereocenters. The van der Waals surface area contributed by atoms with E-state index < -0.39 is 0 Å². The van der Waals surface area contributed by atoms with E-state index >= 15 is 0 Å². The SMILES string of the molecule is C[n+]1ccc(C=Cc2[nH]cc[nH+]2)cc1. The Morgan fingerprint density at radius 2 is 2.07 bits per heavy atom. The van der Waals surface area contributed by atoms with Crippen LogP contribution >= 0.6 is 0 Å². The predicted molar refractivity (Wildman–Crippen MR) is 53.9 cm³/mol. The number of imidazole rings is 1. The highest BCUT2D eigenvalue weighted by Gasteiger charge is 1.95. The van der Waals surface area contributed by atoms with Crippen molar-refractivity contribution in [3.05, 3.63) is 48.3 Å². The molecule has 2 heterocycles. The second-order valence-corrected chi connectivity index (χ2v) is 3.17. The van der Waals surface area contributed by atoms with Crippen LogP contribution in [0.1, 0.15) is 11.4 Å². The molecule has 70 valence electrons. The zero-order chi connectivity index (χ0) is 9.80.